The van der Waals surface area contributed by atoms with E-state index < -0.39 is 0 Å². The first kappa shape index (κ1) is 22.7. The fraction of sp³-hybridized carbons (Fsp3) is 0.400. The lowest BCUT2D eigenvalue weighted by atomic mass is 10.0. The van der Waals surface area contributed by atoms with Gasteiger partial charge >= 0.3 is 0 Å². The Morgan fingerprint density at radius 2 is 1.69 bits per heavy atom. The summed E-state index contributed by atoms with van der Waals surface area (Å²) in [5, 5.41) is 12.0. The monoisotopic (exact) mass is 395 g/mol. The standard InChI is InChI=1S/C15H19NO2.C10H14O/c1-4-5-14(17)13-9-18-15(16-13)12-8-10(2)6-7-11(12)3;1-7-4-10(6-11)5-8(2)9(7)3/h6-9,15-16H,4-5H2,1-3H3;4-5,11H,6H2,1-3H3. The summed E-state index contributed by atoms with van der Waals surface area (Å²) in [6, 6.07) is 10.3. The van der Waals surface area contributed by atoms with E-state index in [4.69, 9.17) is 9.84 Å². The second-order valence-corrected chi connectivity index (χ2v) is 7.74. The van der Waals surface area contributed by atoms with E-state index in [1.165, 1.54) is 22.3 Å². The van der Waals surface area contributed by atoms with Gasteiger partial charge in [-0.25, -0.2) is 0 Å². The number of aryl methyl sites for hydroxylation is 4. The Morgan fingerprint density at radius 1 is 1.03 bits per heavy atom. The zero-order chi connectivity index (χ0) is 21.6. The molecule has 2 N–H and O–H groups in total. The number of nitrogens with one attached hydrogen (secondary N) is 1. The van der Waals surface area contributed by atoms with Crippen LogP contribution in [0.2, 0.25) is 0 Å². The number of rotatable bonds is 5. The first-order chi connectivity index (χ1) is 13.8. The maximum Gasteiger partial charge on any atom is 0.196 e. The van der Waals surface area contributed by atoms with Gasteiger partial charge in [-0.15, -0.1) is 0 Å². The average molecular weight is 396 g/mol. The molecule has 0 saturated carbocycles. The lowest BCUT2D eigenvalue weighted by Crippen LogP contribution is -2.21. The minimum absolute atomic E-state index is 0.116. The highest BCUT2D eigenvalue weighted by Crippen LogP contribution is 2.26. The number of hydrogen-bond donors (Lipinski definition) is 2. The van der Waals surface area contributed by atoms with E-state index >= 15 is 0 Å². The van der Waals surface area contributed by atoms with Gasteiger partial charge in [0.15, 0.2) is 12.0 Å². The van der Waals surface area contributed by atoms with Crippen molar-refractivity contribution >= 4 is 5.78 Å². The largest absolute Gasteiger partial charge is 0.472 e. The number of hydrogen-bond acceptors (Lipinski definition) is 4. The summed E-state index contributed by atoms with van der Waals surface area (Å²) in [4.78, 5) is 11.8. The number of aliphatic hydroxyl groups excluding tert-OH is 1. The van der Waals surface area contributed by atoms with Crippen molar-refractivity contribution in [1.29, 1.82) is 0 Å². The highest BCUT2D eigenvalue weighted by atomic mass is 16.5. The summed E-state index contributed by atoms with van der Waals surface area (Å²) in [5.74, 6) is 0.116. The molecule has 29 heavy (non-hydrogen) atoms. The number of aliphatic hydroxyl groups is 1. The van der Waals surface area contributed by atoms with Crippen molar-refractivity contribution in [2.24, 2.45) is 0 Å². The van der Waals surface area contributed by atoms with Crippen LogP contribution in [-0.4, -0.2) is 10.9 Å². The van der Waals surface area contributed by atoms with Gasteiger partial charge in [-0.1, -0.05) is 42.8 Å². The zero-order valence-corrected chi connectivity index (χ0v) is 18.4. The summed E-state index contributed by atoms with van der Waals surface area (Å²) in [6.07, 6.45) is 2.72. The van der Waals surface area contributed by atoms with Crippen molar-refractivity contribution in [2.75, 3.05) is 0 Å². The molecule has 0 amide bonds. The van der Waals surface area contributed by atoms with E-state index in [1.54, 1.807) is 6.26 Å². The number of carbonyl (C=O) groups is 1. The molecule has 2 aromatic rings. The molecule has 0 spiro atoms. The number of ketones is 1. The quantitative estimate of drug-likeness (QED) is 0.727. The fourth-order valence-corrected chi connectivity index (χ4v) is 3.26. The van der Waals surface area contributed by atoms with Gasteiger partial charge in [0.05, 0.1) is 6.61 Å². The summed E-state index contributed by atoms with van der Waals surface area (Å²) in [7, 11) is 0. The maximum atomic E-state index is 11.8. The van der Waals surface area contributed by atoms with E-state index in [0.29, 0.717) is 12.1 Å². The van der Waals surface area contributed by atoms with Crippen molar-refractivity contribution in [3.05, 3.63) is 81.2 Å². The SMILES string of the molecule is CCCC(=O)C1=COC(c2cc(C)ccc2C)N1.Cc1cc(CO)cc(C)c1C. The molecule has 0 bridgehead atoms. The molecule has 0 saturated heterocycles. The molecule has 4 nitrogen and oxygen atoms in total. The van der Waals surface area contributed by atoms with Gasteiger partial charge in [-0.2, -0.15) is 0 Å². The minimum Gasteiger partial charge on any atom is -0.472 e. The number of ether oxygens (including phenoxy) is 1. The van der Waals surface area contributed by atoms with Crippen molar-refractivity contribution in [1.82, 2.24) is 5.32 Å². The third-order valence-corrected chi connectivity index (χ3v) is 5.27. The molecule has 1 aliphatic rings. The number of carbonyl (C=O) groups excluding carboxylic acids is 1. The smallest absolute Gasteiger partial charge is 0.196 e. The van der Waals surface area contributed by atoms with Crippen LogP contribution < -0.4 is 5.32 Å². The minimum atomic E-state index is -0.235. The maximum absolute atomic E-state index is 11.8. The van der Waals surface area contributed by atoms with E-state index in [0.717, 1.165) is 23.1 Å². The number of Topliss-reactive ketones (excluding diaryl/α,β-unsaturated/α-hetero) is 1. The summed E-state index contributed by atoms with van der Waals surface area (Å²) >= 11 is 0. The van der Waals surface area contributed by atoms with Gasteiger partial charge in [0, 0.05) is 12.0 Å². The molecule has 2 aromatic carbocycles. The molecule has 1 unspecified atom stereocenters. The van der Waals surface area contributed by atoms with E-state index in [9.17, 15) is 4.79 Å². The Kier molecular flexibility index (Phi) is 8.03. The van der Waals surface area contributed by atoms with Crippen LogP contribution >= 0.6 is 0 Å². The molecular weight excluding hydrogens is 362 g/mol. The predicted octanol–water partition coefficient (Wildman–Crippen LogP) is 5.24. The number of allylic oxidation sites excluding steroid dienone is 1. The predicted molar refractivity (Wildman–Crippen MR) is 117 cm³/mol. The Labute approximate surface area is 174 Å². The van der Waals surface area contributed by atoms with Gasteiger partial charge in [0.1, 0.15) is 12.0 Å². The second-order valence-electron chi connectivity index (χ2n) is 7.74. The highest BCUT2D eigenvalue weighted by molar-refractivity contribution is 5.94. The Balaban J connectivity index is 0.000000234. The van der Waals surface area contributed by atoms with Crippen LogP contribution in [0.4, 0.5) is 0 Å². The molecule has 1 aliphatic heterocycles. The van der Waals surface area contributed by atoms with E-state index in [1.807, 2.05) is 26.0 Å². The second kappa shape index (κ2) is 10.3. The van der Waals surface area contributed by atoms with Gasteiger partial charge in [-0.05, 0) is 68.9 Å². The molecule has 0 aromatic heterocycles. The lowest BCUT2D eigenvalue weighted by Gasteiger charge is -2.15. The van der Waals surface area contributed by atoms with Crippen molar-refractivity contribution in [3.8, 4) is 0 Å². The van der Waals surface area contributed by atoms with Gasteiger partial charge in [0.25, 0.3) is 0 Å². The highest BCUT2D eigenvalue weighted by Gasteiger charge is 2.24. The fourth-order valence-electron chi connectivity index (χ4n) is 3.26. The summed E-state index contributed by atoms with van der Waals surface area (Å²) in [5.41, 5.74) is 8.87. The molecule has 4 heteroatoms. The van der Waals surface area contributed by atoms with Crippen LogP contribution in [0.15, 0.2) is 42.3 Å². The van der Waals surface area contributed by atoms with Crippen molar-refractivity contribution in [2.45, 2.75) is 67.2 Å². The first-order valence-electron chi connectivity index (χ1n) is 10.2. The third-order valence-electron chi connectivity index (χ3n) is 5.27. The van der Waals surface area contributed by atoms with Crippen molar-refractivity contribution < 1.29 is 14.6 Å². The van der Waals surface area contributed by atoms with Crippen LogP contribution in [0.3, 0.4) is 0 Å². The van der Waals surface area contributed by atoms with Crippen LogP contribution in [0, 0.1) is 34.6 Å². The van der Waals surface area contributed by atoms with Crippen LogP contribution in [-0.2, 0) is 16.1 Å². The van der Waals surface area contributed by atoms with E-state index in [2.05, 4.69) is 51.2 Å². The van der Waals surface area contributed by atoms with Gasteiger partial charge in [0.2, 0.25) is 0 Å². The molecule has 0 fully saturated rings. The average Bonchev–Trinajstić information content (AvgIpc) is 3.18. The first-order valence-corrected chi connectivity index (χ1v) is 10.2. The lowest BCUT2D eigenvalue weighted by molar-refractivity contribution is -0.115. The molecule has 0 radical (unpaired) electrons. The zero-order valence-electron chi connectivity index (χ0n) is 18.4. The Hall–Kier alpha value is -2.59. The molecule has 1 atom stereocenters. The summed E-state index contributed by atoms with van der Waals surface area (Å²) < 4.78 is 5.56. The normalized spacial score (nSPS) is 15.0. The van der Waals surface area contributed by atoms with Gasteiger partial charge < -0.3 is 15.2 Å². The molecule has 156 valence electrons. The third kappa shape index (κ3) is 5.94. The van der Waals surface area contributed by atoms with Crippen molar-refractivity contribution in [3.63, 3.8) is 0 Å². The summed E-state index contributed by atoms with van der Waals surface area (Å²) in [6.45, 7) is 12.5. The van der Waals surface area contributed by atoms with E-state index in [-0.39, 0.29) is 18.6 Å². The topological polar surface area (TPSA) is 58.6 Å². The van der Waals surface area contributed by atoms with Crippen LogP contribution in [0.1, 0.15) is 64.9 Å². The van der Waals surface area contributed by atoms with Crippen LogP contribution in [0.25, 0.3) is 0 Å². The molecular formula is C25H33NO3. The molecule has 3 rings (SSSR count). The molecule has 0 aliphatic carbocycles. The number of benzene rings is 2. The Bertz CT molecular complexity index is 876. The molecule has 1 heterocycles. The van der Waals surface area contributed by atoms with Crippen LogP contribution in [0.5, 0.6) is 0 Å². The van der Waals surface area contributed by atoms with Gasteiger partial charge in [-0.3, -0.25) is 4.79 Å². The Morgan fingerprint density at radius 3 is 2.28 bits per heavy atom.